The molecule has 0 spiro atoms. The molecule has 0 bridgehead atoms. The van der Waals surface area contributed by atoms with E-state index in [2.05, 4.69) is 5.32 Å². The highest BCUT2D eigenvalue weighted by atomic mass is 35.5. The summed E-state index contributed by atoms with van der Waals surface area (Å²) in [4.78, 5) is 29.3. The molecule has 0 saturated carbocycles. The van der Waals surface area contributed by atoms with Crippen LogP contribution in [0.3, 0.4) is 0 Å². The van der Waals surface area contributed by atoms with E-state index in [0.717, 1.165) is 24.0 Å². The molecule has 0 radical (unpaired) electrons. The summed E-state index contributed by atoms with van der Waals surface area (Å²) in [6.45, 7) is 2.14. The van der Waals surface area contributed by atoms with Crippen LogP contribution in [0, 0.1) is 0 Å². The Kier molecular flexibility index (Phi) is 11.5. The molecule has 2 aliphatic rings. The van der Waals surface area contributed by atoms with Crippen molar-refractivity contribution in [2.45, 2.75) is 42.8 Å². The molecule has 5 rings (SSSR count). The van der Waals surface area contributed by atoms with Gasteiger partial charge in [-0.15, -0.1) is 0 Å². The maximum atomic E-state index is 13.9. The number of nitrogens with one attached hydrogen (secondary N) is 1. The van der Waals surface area contributed by atoms with Crippen LogP contribution in [-0.4, -0.2) is 87.6 Å². The minimum Gasteiger partial charge on any atom is -0.484 e. The molecule has 1 N–H and O–H groups in total. The number of rotatable bonds is 13. The van der Waals surface area contributed by atoms with Gasteiger partial charge in [-0.3, -0.25) is 9.59 Å². The van der Waals surface area contributed by atoms with Crippen LogP contribution < -0.4 is 10.1 Å². The molecule has 2 fully saturated rings. The van der Waals surface area contributed by atoms with E-state index >= 15 is 0 Å². The van der Waals surface area contributed by atoms with Crippen LogP contribution in [0.15, 0.2) is 83.8 Å². The third kappa shape index (κ3) is 9.05. The monoisotopic (exact) mass is 655 g/mol. The summed E-state index contributed by atoms with van der Waals surface area (Å²) < 4.78 is 44.2. The van der Waals surface area contributed by atoms with Gasteiger partial charge in [-0.25, -0.2) is 8.42 Å². The second-order valence-corrected chi connectivity index (χ2v) is 13.4. The van der Waals surface area contributed by atoms with Crippen molar-refractivity contribution in [3.63, 3.8) is 0 Å². The fourth-order valence-electron chi connectivity index (χ4n) is 5.35. The lowest BCUT2D eigenvalue weighted by atomic mass is 10.0. The molecule has 2 saturated heterocycles. The van der Waals surface area contributed by atoms with Gasteiger partial charge in [0.1, 0.15) is 11.8 Å². The van der Waals surface area contributed by atoms with Crippen molar-refractivity contribution >= 4 is 33.4 Å². The van der Waals surface area contributed by atoms with Crippen LogP contribution in [0.4, 0.5) is 0 Å². The van der Waals surface area contributed by atoms with Crippen LogP contribution >= 0.6 is 11.6 Å². The molecule has 240 valence electrons. The van der Waals surface area contributed by atoms with Gasteiger partial charge >= 0.3 is 0 Å². The first-order chi connectivity index (χ1) is 21.8. The summed E-state index contributed by atoms with van der Waals surface area (Å²) in [5.41, 5.74) is 1.71. The molecule has 2 amide bonds. The van der Waals surface area contributed by atoms with Crippen LogP contribution in [0.2, 0.25) is 5.02 Å². The van der Waals surface area contributed by atoms with E-state index in [4.69, 9.17) is 25.8 Å². The van der Waals surface area contributed by atoms with Crippen molar-refractivity contribution in [3.05, 3.63) is 95.0 Å². The van der Waals surface area contributed by atoms with Gasteiger partial charge in [-0.1, -0.05) is 54.1 Å². The molecule has 45 heavy (non-hydrogen) atoms. The number of morpholine rings is 1. The molecule has 0 aliphatic carbocycles. The van der Waals surface area contributed by atoms with E-state index < -0.39 is 22.0 Å². The van der Waals surface area contributed by atoms with E-state index in [1.807, 2.05) is 42.5 Å². The Bertz CT molecular complexity index is 1510. The van der Waals surface area contributed by atoms with Gasteiger partial charge in [0.25, 0.3) is 5.91 Å². The zero-order chi connectivity index (χ0) is 31.6. The zero-order valence-electron chi connectivity index (χ0n) is 25.0. The summed E-state index contributed by atoms with van der Waals surface area (Å²) >= 11 is 6.11. The molecule has 0 unspecified atom stereocenters. The van der Waals surface area contributed by atoms with Crippen molar-refractivity contribution in [1.29, 1.82) is 0 Å². The van der Waals surface area contributed by atoms with Gasteiger partial charge in [-0.2, -0.15) is 4.31 Å². The van der Waals surface area contributed by atoms with Crippen molar-refractivity contribution < 1.29 is 32.2 Å². The van der Waals surface area contributed by atoms with Crippen molar-refractivity contribution in [1.82, 2.24) is 14.5 Å². The van der Waals surface area contributed by atoms with E-state index in [-0.39, 0.29) is 30.1 Å². The molecule has 2 aliphatic heterocycles. The Hall–Kier alpha value is -3.48. The summed E-state index contributed by atoms with van der Waals surface area (Å²) in [5, 5.41) is 3.57. The quantitative estimate of drug-likeness (QED) is 0.299. The van der Waals surface area contributed by atoms with Gasteiger partial charge in [0.15, 0.2) is 6.61 Å². The number of halogens is 1. The van der Waals surface area contributed by atoms with E-state index in [9.17, 15) is 18.0 Å². The molecule has 3 aromatic carbocycles. The molecular weight excluding hydrogens is 618 g/mol. The number of ether oxygens (including phenoxy) is 3. The zero-order valence-corrected chi connectivity index (χ0v) is 26.5. The fourth-order valence-corrected chi connectivity index (χ4v) is 6.88. The Labute approximate surface area is 269 Å². The summed E-state index contributed by atoms with van der Waals surface area (Å²) in [7, 11) is -3.66. The first-order valence-corrected chi connectivity index (χ1v) is 16.9. The summed E-state index contributed by atoms with van der Waals surface area (Å²) in [5.74, 6) is -0.351. The molecule has 12 heteroatoms. The average Bonchev–Trinajstić information content (AvgIpc) is 3.60. The number of nitrogens with zero attached hydrogens (tertiary/aromatic N) is 2. The van der Waals surface area contributed by atoms with Gasteiger partial charge in [-0.05, 0) is 60.4 Å². The molecule has 2 atom stereocenters. The predicted octanol–water partition coefficient (Wildman–Crippen LogP) is 3.68. The van der Waals surface area contributed by atoms with E-state index in [0.29, 0.717) is 56.6 Å². The maximum absolute atomic E-state index is 13.9. The van der Waals surface area contributed by atoms with Crippen molar-refractivity contribution in [2.75, 3.05) is 46.1 Å². The van der Waals surface area contributed by atoms with E-state index in [1.54, 1.807) is 12.1 Å². The SMILES string of the molecule is O=C(NC[C@H]1CCCO1)[C@H](Cc1ccccc1)N(Cc1ccc(Cl)cc1)C(=O)COc1ccc(S(=O)(=O)N2CCOCC2)cc1. The smallest absolute Gasteiger partial charge is 0.261 e. The van der Waals surface area contributed by atoms with Crippen LogP contribution in [-0.2, 0) is 42.1 Å². The summed E-state index contributed by atoms with van der Waals surface area (Å²) in [6, 6.07) is 21.8. The molecular formula is C33H38ClN3O7S. The highest BCUT2D eigenvalue weighted by Gasteiger charge is 2.32. The summed E-state index contributed by atoms with van der Waals surface area (Å²) in [6.07, 6.45) is 2.07. The minimum atomic E-state index is -3.66. The van der Waals surface area contributed by atoms with Crippen molar-refractivity contribution in [3.8, 4) is 5.75 Å². The van der Waals surface area contributed by atoms with Gasteiger partial charge < -0.3 is 24.4 Å². The molecule has 0 aromatic heterocycles. The van der Waals surface area contributed by atoms with Crippen LogP contribution in [0.1, 0.15) is 24.0 Å². The van der Waals surface area contributed by atoms with Gasteiger partial charge in [0.2, 0.25) is 15.9 Å². The number of sulfonamides is 1. The fraction of sp³-hybridized carbons (Fsp3) is 0.394. The molecule has 10 nitrogen and oxygen atoms in total. The number of carbonyl (C=O) groups excluding carboxylic acids is 2. The Morgan fingerprint density at radius 1 is 0.956 bits per heavy atom. The van der Waals surface area contributed by atoms with Crippen LogP contribution in [0.25, 0.3) is 0 Å². The highest BCUT2D eigenvalue weighted by Crippen LogP contribution is 2.22. The Morgan fingerprint density at radius 3 is 2.33 bits per heavy atom. The average molecular weight is 656 g/mol. The maximum Gasteiger partial charge on any atom is 0.261 e. The third-order valence-corrected chi connectivity index (χ3v) is 10.0. The lowest BCUT2D eigenvalue weighted by Crippen LogP contribution is -2.52. The third-order valence-electron chi connectivity index (χ3n) is 7.86. The van der Waals surface area contributed by atoms with Gasteiger partial charge in [0.05, 0.1) is 24.2 Å². The van der Waals surface area contributed by atoms with E-state index in [1.165, 1.54) is 33.5 Å². The Morgan fingerprint density at radius 2 is 1.67 bits per heavy atom. The molecule has 2 heterocycles. The lowest BCUT2D eigenvalue weighted by molar-refractivity contribution is -0.143. The highest BCUT2D eigenvalue weighted by molar-refractivity contribution is 7.89. The lowest BCUT2D eigenvalue weighted by Gasteiger charge is -2.32. The topological polar surface area (TPSA) is 114 Å². The first kappa shape index (κ1) is 32.9. The number of amides is 2. The van der Waals surface area contributed by atoms with Crippen LogP contribution in [0.5, 0.6) is 5.75 Å². The standard InChI is InChI=1S/C33H38ClN3O7S/c34-27-10-8-26(9-11-27)23-37(31(21-25-5-2-1-3-6-25)33(39)35-22-29-7-4-18-43-29)32(38)24-44-28-12-14-30(15-13-28)45(40,41)36-16-19-42-20-17-36/h1-3,5-6,8-15,29,31H,4,7,16-24H2,(H,35,39)/t29-,31+/m1/s1. The number of benzene rings is 3. The number of carbonyl (C=O) groups is 2. The normalized spacial score (nSPS) is 17.8. The Balaban J connectivity index is 1.33. The predicted molar refractivity (Wildman–Crippen MR) is 169 cm³/mol. The number of hydrogen-bond acceptors (Lipinski definition) is 7. The van der Waals surface area contributed by atoms with Crippen molar-refractivity contribution in [2.24, 2.45) is 0 Å². The molecule has 3 aromatic rings. The minimum absolute atomic E-state index is 0.0508. The number of hydrogen-bond donors (Lipinski definition) is 1. The second-order valence-electron chi connectivity index (χ2n) is 11.0. The first-order valence-electron chi connectivity index (χ1n) is 15.1. The van der Waals surface area contributed by atoms with Gasteiger partial charge in [0, 0.05) is 44.2 Å². The second kappa shape index (κ2) is 15.7. The largest absolute Gasteiger partial charge is 0.484 e.